The first-order valence-electron chi connectivity index (χ1n) is 34.7. The highest BCUT2D eigenvalue weighted by atomic mass is 16.6. The second kappa shape index (κ2) is 70.0. The van der Waals surface area contributed by atoms with Gasteiger partial charge in [0.05, 0.1) is 0 Å². The zero-order chi connectivity index (χ0) is 59.9. The van der Waals surface area contributed by atoms with E-state index in [9.17, 15) is 14.4 Å². The highest BCUT2D eigenvalue weighted by molar-refractivity contribution is 5.71. The van der Waals surface area contributed by atoms with Crippen molar-refractivity contribution in [3.63, 3.8) is 0 Å². The Labute approximate surface area is 513 Å². The van der Waals surface area contributed by atoms with Gasteiger partial charge in [-0.15, -0.1) is 0 Å². The van der Waals surface area contributed by atoms with Crippen molar-refractivity contribution in [1.82, 2.24) is 0 Å². The molecule has 0 heterocycles. The molecule has 0 saturated carbocycles. The van der Waals surface area contributed by atoms with E-state index >= 15 is 0 Å². The lowest BCUT2D eigenvalue weighted by molar-refractivity contribution is -0.167. The summed E-state index contributed by atoms with van der Waals surface area (Å²) in [6, 6.07) is 0. The molecule has 0 aromatic heterocycles. The van der Waals surface area contributed by atoms with Gasteiger partial charge in [0.2, 0.25) is 0 Å². The molecule has 0 N–H and O–H groups in total. The van der Waals surface area contributed by atoms with Crippen LogP contribution in [0, 0.1) is 0 Å². The maximum atomic E-state index is 12.9. The quantitative estimate of drug-likeness (QED) is 0.0261. The Hall–Kier alpha value is -4.45. The number of ether oxygens (including phenoxy) is 3. The summed E-state index contributed by atoms with van der Waals surface area (Å²) in [6.45, 7) is 6.38. The molecule has 0 aliphatic rings. The van der Waals surface area contributed by atoms with Crippen LogP contribution < -0.4 is 0 Å². The van der Waals surface area contributed by atoms with Crippen LogP contribution in [0.1, 0.15) is 316 Å². The molecular weight excluding hydrogens is 1020 g/mol. The summed E-state index contributed by atoms with van der Waals surface area (Å²) in [4.78, 5) is 38.4. The average Bonchev–Trinajstić information content (AvgIpc) is 3.49. The van der Waals surface area contributed by atoms with E-state index in [1.807, 2.05) is 0 Å². The van der Waals surface area contributed by atoms with Crippen LogP contribution >= 0.6 is 0 Å². The van der Waals surface area contributed by atoms with Crippen molar-refractivity contribution in [2.45, 2.75) is 322 Å². The molecule has 0 saturated heterocycles. The predicted octanol–water partition coefficient (Wildman–Crippen LogP) is 24.1. The largest absolute Gasteiger partial charge is 0.462 e. The molecule has 0 fully saturated rings. The first kappa shape index (κ1) is 78.5. The molecule has 0 amide bonds. The molecule has 0 aromatic carbocycles. The topological polar surface area (TPSA) is 78.9 Å². The second-order valence-corrected chi connectivity index (χ2v) is 22.7. The molecule has 472 valence electrons. The van der Waals surface area contributed by atoms with Crippen molar-refractivity contribution in [3.8, 4) is 0 Å². The van der Waals surface area contributed by atoms with Gasteiger partial charge in [0.1, 0.15) is 13.2 Å². The van der Waals surface area contributed by atoms with E-state index in [0.717, 1.165) is 135 Å². The van der Waals surface area contributed by atoms with Crippen molar-refractivity contribution in [2.24, 2.45) is 0 Å². The van der Waals surface area contributed by atoms with Crippen LogP contribution in [0.25, 0.3) is 0 Å². The average molecular weight is 1150 g/mol. The van der Waals surface area contributed by atoms with Gasteiger partial charge in [0.25, 0.3) is 0 Å². The molecule has 0 aliphatic heterocycles. The first-order valence-corrected chi connectivity index (χ1v) is 34.7. The zero-order valence-electron chi connectivity index (χ0n) is 54.2. The van der Waals surface area contributed by atoms with Gasteiger partial charge in [0, 0.05) is 19.3 Å². The number of esters is 3. The van der Waals surface area contributed by atoms with E-state index in [-0.39, 0.29) is 37.5 Å². The van der Waals surface area contributed by atoms with E-state index in [2.05, 4.69) is 154 Å². The summed E-state index contributed by atoms with van der Waals surface area (Å²) in [5, 5.41) is 0. The van der Waals surface area contributed by atoms with Gasteiger partial charge in [-0.2, -0.15) is 0 Å². The Morgan fingerprint density at radius 1 is 0.253 bits per heavy atom. The summed E-state index contributed by atoms with van der Waals surface area (Å²) in [5.74, 6) is -0.928. The van der Waals surface area contributed by atoms with Crippen LogP contribution in [0.3, 0.4) is 0 Å². The highest BCUT2D eigenvalue weighted by Crippen LogP contribution is 2.16. The van der Waals surface area contributed by atoms with Gasteiger partial charge in [0.15, 0.2) is 6.10 Å². The normalized spacial score (nSPS) is 13.0. The SMILES string of the molecule is CC/C=C\C/C=C\C/C=C\C/C=C\C/C=C\CCCCCC(=O)OC(COC(=O)CCCCCCCCC/C=C\C/C=C\CCCCC)COC(=O)CCCCCCCCCCCCCCCCCC/C=C\C/C=C\C/C=C\C/C=C\CC. The summed E-state index contributed by atoms with van der Waals surface area (Å²) in [6.07, 6.45) is 99.0. The highest BCUT2D eigenvalue weighted by Gasteiger charge is 2.19. The maximum Gasteiger partial charge on any atom is 0.306 e. The Morgan fingerprint density at radius 2 is 0.470 bits per heavy atom. The standard InChI is InChI=1S/C77H128O6/c1-4-7-10-13-16-19-22-25-28-31-33-34-35-36-37-38-39-40-41-42-44-46-49-52-55-58-61-64-67-70-76(79)82-73-74(72-81-75(78)69-66-63-60-57-54-51-48-45-30-27-24-21-18-15-12-9-6-3)83-77(80)71-68-65-62-59-56-53-50-47-43-32-29-26-23-20-17-14-11-8-5-2/h7-8,10-11,16-21,25-30,33-34,43,47,53,56,74H,4-6,9,12-15,22-24,31-32,35-42,44-46,48-52,54-55,57-73H2,1-3H3/b10-7-,11-8-,19-16-,20-17-,21-18-,28-25-,29-26-,30-27-,34-33-,47-43-,56-53-. The van der Waals surface area contributed by atoms with Crippen molar-refractivity contribution in [1.29, 1.82) is 0 Å². The molecule has 1 unspecified atom stereocenters. The van der Waals surface area contributed by atoms with Crippen LogP contribution in [-0.4, -0.2) is 37.2 Å². The molecule has 6 heteroatoms. The number of hydrogen-bond donors (Lipinski definition) is 0. The molecule has 0 bridgehead atoms. The second-order valence-electron chi connectivity index (χ2n) is 22.7. The van der Waals surface area contributed by atoms with Gasteiger partial charge >= 0.3 is 17.9 Å². The molecule has 83 heavy (non-hydrogen) atoms. The minimum atomic E-state index is -0.804. The van der Waals surface area contributed by atoms with Crippen LogP contribution in [0.5, 0.6) is 0 Å². The lowest BCUT2D eigenvalue weighted by Crippen LogP contribution is -2.30. The van der Waals surface area contributed by atoms with E-state index in [0.29, 0.717) is 12.8 Å². The summed E-state index contributed by atoms with van der Waals surface area (Å²) in [7, 11) is 0. The Morgan fingerprint density at radius 3 is 0.747 bits per heavy atom. The van der Waals surface area contributed by atoms with E-state index in [4.69, 9.17) is 14.2 Å². The number of carbonyl (C=O) groups is 3. The maximum absolute atomic E-state index is 12.9. The van der Waals surface area contributed by atoms with Gasteiger partial charge in [-0.05, 0) is 135 Å². The molecule has 0 aliphatic carbocycles. The molecule has 0 radical (unpaired) electrons. The number of rotatable bonds is 62. The minimum absolute atomic E-state index is 0.0956. The molecule has 0 rings (SSSR count). The van der Waals surface area contributed by atoms with Gasteiger partial charge in [-0.25, -0.2) is 0 Å². The fourth-order valence-corrected chi connectivity index (χ4v) is 9.49. The Balaban J connectivity index is 4.36. The number of hydrogen-bond acceptors (Lipinski definition) is 6. The molecular formula is C77H128O6. The van der Waals surface area contributed by atoms with Crippen LogP contribution in [0.15, 0.2) is 134 Å². The third kappa shape index (κ3) is 68.2. The zero-order valence-corrected chi connectivity index (χ0v) is 54.2. The fourth-order valence-electron chi connectivity index (χ4n) is 9.49. The minimum Gasteiger partial charge on any atom is -0.462 e. The molecule has 1 atom stereocenters. The number of unbranched alkanes of at least 4 members (excludes halogenated alkanes) is 29. The van der Waals surface area contributed by atoms with Crippen LogP contribution in [0.4, 0.5) is 0 Å². The molecule has 0 aromatic rings. The van der Waals surface area contributed by atoms with Crippen molar-refractivity contribution in [3.05, 3.63) is 134 Å². The number of allylic oxidation sites excluding steroid dienone is 22. The van der Waals surface area contributed by atoms with E-state index < -0.39 is 6.10 Å². The summed E-state index contributed by atoms with van der Waals surface area (Å²) < 4.78 is 16.9. The smallest absolute Gasteiger partial charge is 0.306 e. The lowest BCUT2D eigenvalue weighted by atomic mass is 10.0. The summed E-state index contributed by atoms with van der Waals surface area (Å²) in [5.41, 5.74) is 0. The van der Waals surface area contributed by atoms with Gasteiger partial charge in [-0.1, -0.05) is 296 Å². The third-order valence-corrected chi connectivity index (χ3v) is 14.6. The summed E-state index contributed by atoms with van der Waals surface area (Å²) >= 11 is 0. The molecule has 6 nitrogen and oxygen atoms in total. The Kier molecular flexibility index (Phi) is 66.3. The number of carbonyl (C=O) groups excluding carboxylic acids is 3. The first-order chi connectivity index (χ1) is 41.0. The van der Waals surface area contributed by atoms with Gasteiger partial charge in [-0.3, -0.25) is 14.4 Å². The Bertz CT molecular complexity index is 1750. The van der Waals surface area contributed by atoms with Crippen LogP contribution in [-0.2, 0) is 28.6 Å². The van der Waals surface area contributed by atoms with E-state index in [1.54, 1.807) is 0 Å². The van der Waals surface area contributed by atoms with Crippen molar-refractivity contribution in [2.75, 3.05) is 13.2 Å². The van der Waals surface area contributed by atoms with Gasteiger partial charge < -0.3 is 14.2 Å². The lowest BCUT2D eigenvalue weighted by Gasteiger charge is -2.18. The van der Waals surface area contributed by atoms with Crippen molar-refractivity contribution >= 4 is 17.9 Å². The predicted molar refractivity (Wildman–Crippen MR) is 362 cm³/mol. The van der Waals surface area contributed by atoms with Crippen LogP contribution in [0.2, 0.25) is 0 Å². The van der Waals surface area contributed by atoms with Crippen molar-refractivity contribution < 1.29 is 28.6 Å². The third-order valence-electron chi connectivity index (χ3n) is 14.6. The molecule has 0 spiro atoms. The van der Waals surface area contributed by atoms with E-state index in [1.165, 1.54) is 141 Å². The fraction of sp³-hybridized carbons (Fsp3) is 0.675. The monoisotopic (exact) mass is 1150 g/mol.